The highest BCUT2D eigenvalue weighted by atomic mass is 32.2. The van der Waals surface area contributed by atoms with E-state index in [1.54, 1.807) is 0 Å². The zero-order chi connectivity index (χ0) is 15.0. The fourth-order valence-electron chi connectivity index (χ4n) is 1.12. The van der Waals surface area contributed by atoms with Crippen molar-refractivity contribution in [2.24, 2.45) is 0 Å². The van der Waals surface area contributed by atoms with Crippen LogP contribution in [0.2, 0.25) is 0 Å². The van der Waals surface area contributed by atoms with E-state index in [4.69, 9.17) is 5.11 Å². The predicted molar refractivity (Wildman–Crippen MR) is 70.6 cm³/mol. The lowest BCUT2D eigenvalue weighted by molar-refractivity contribution is -0.170. The SMILES string of the molecule is C[S+]([O-])CCC(O)C(=O)OC(CC[S+](C)[O-])C(=O)O. The Kier molecular flexibility index (Phi) is 9.19. The minimum Gasteiger partial charge on any atom is -0.617 e. The monoisotopic (exact) mass is 314 g/mol. The van der Waals surface area contributed by atoms with Crippen molar-refractivity contribution < 1.29 is 33.6 Å². The van der Waals surface area contributed by atoms with E-state index in [9.17, 15) is 23.8 Å². The molecule has 0 aliphatic carbocycles. The first-order chi connectivity index (χ1) is 8.73. The van der Waals surface area contributed by atoms with Gasteiger partial charge in [0, 0.05) is 12.8 Å². The van der Waals surface area contributed by atoms with Crippen LogP contribution in [0.4, 0.5) is 0 Å². The Morgan fingerprint density at radius 3 is 2.05 bits per heavy atom. The van der Waals surface area contributed by atoms with Crippen LogP contribution in [0.3, 0.4) is 0 Å². The van der Waals surface area contributed by atoms with Gasteiger partial charge in [0.05, 0.1) is 12.5 Å². The Labute approximate surface area is 117 Å². The number of carboxylic acid groups (broad SMARTS) is 1. The second-order valence-corrected chi connectivity index (χ2v) is 7.02. The molecule has 0 saturated heterocycles. The van der Waals surface area contributed by atoms with Crippen LogP contribution in [0.5, 0.6) is 0 Å². The molecular weight excluding hydrogens is 296 g/mol. The largest absolute Gasteiger partial charge is 0.617 e. The summed E-state index contributed by atoms with van der Waals surface area (Å²) in [4.78, 5) is 22.2. The number of hydrogen-bond acceptors (Lipinski definition) is 6. The molecular formula is C10H18O7S2. The molecule has 0 rings (SSSR count). The Bertz CT molecular complexity index is 296. The number of carboxylic acids is 1. The molecule has 0 fully saturated rings. The molecule has 9 heteroatoms. The van der Waals surface area contributed by atoms with Crippen LogP contribution < -0.4 is 0 Å². The smallest absolute Gasteiger partial charge is 0.345 e. The molecule has 112 valence electrons. The number of carbonyl (C=O) groups is 2. The summed E-state index contributed by atoms with van der Waals surface area (Å²) in [5, 5.41) is 18.2. The molecule has 7 nitrogen and oxygen atoms in total. The molecule has 0 spiro atoms. The third-order valence-electron chi connectivity index (χ3n) is 2.15. The molecule has 2 N–H and O–H groups in total. The lowest BCUT2D eigenvalue weighted by Gasteiger charge is -2.16. The topological polar surface area (TPSA) is 130 Å². The highest BCUT2D eigenvalue weighted by Gasteiger charge is 2.27. The van der Waals surface area contributed by atoms with Gasteiger partial charge in [-0.1, -0.05) is 22.4 Å². The molecule has 0 heterocycles. The third-order valence-corrected chi connectivity index (χ3v) is 3.77. The normalized spacial score (nSPS) is 17.3. The van der Waals surface area contributed by atoms with Crippen LogP contribution in [0.25, 0.3) is 0 Å². The van der Waals surface area contributed by atoms with Crippen molar-refractivity contribution in [1.29, 1.82) is 0 Å². The van der Waals surface area contributed by atoms with Crippen LogP contribution in [-0.2, 0) is 36.7 Å². The average Bonchev–Trinajstić information content (AvgIpc) is 2.30. The Morgan fingerprint density at radius 1 is 1.16 bits per heavy atom. The maximum atomic E-state index is 11.4. The summed E-state index contributed by atoms with van der Waals surface area (Å²) in [5.74, 6) is -2.23. The van der Waals surface area contributed by atoms with Crippen molar-refractivity contribution in [3.63, 3.8) is 0 Å². The van der Waals surface area contributed by atoms with Gasteiger partial charge in [-0.3, -0.25) is 0 Å². The molecule has 0 saturated carbocycles. The molecule has 0 aromatic rings. The molecule has 0 aromatic heterocycles. The molecule has 19 heavy (non-hydrogen) atoms. The van der Waals surface area contributed by atoms with Crippen LogP contribution in [-0.4, -0.2) is 67.5 Å². The second-order valence-electron chi connectivity index (χ2n) is 3.91. The lowest BCUT2D eigenvalue weighted by Crippen LogP contribution is -2.34. The van der Waals surface area contributed by atoms with Crippen molar-refractivity contribution in [2.75, 3.05) is 24.0 Å². The summed E-state index contributed by atoms with van der Waals surface area (Å²) in [5.41, 5.74) is 0. The Morgan fingerprint density at radius 2 is 1.63 bits per heavy atom. The van der Waals surface area contributed by atoms with Gasteiger partial charge < -0.3 is 24.1 Å². The maximum Gasteiger partial charge on any atom is 0.345 e. The number of esters is 1. The first kappa shape index (κ1) is 18.5. The van der Waals surface area contributed by atoms with Gasteiger partial charge in [0.1, 0.15) is 11.5 Å². The maximum absolute atomic E-state index is 11.4. The third kappa shape index (κ3) is 9.11. The first-order valence-electron chi connectivity index (χ1n) is 5.45. The summed E-state index contributed by atoms with van der Waals surface area (Å²) < 4.78 is 26.3. The van der Waals surface area contributed by atoms with Crippen LogP contribution in [0, 0.1) is 0 Å². The van der Waals surface area contributed by atoms with E-state index in [1.165, 1.54) is 12.5 Å². The summed E-state index contributed by atoms with van der Waals surface area (Å²) in [6.07, 6.45) is -0.248. The van der Waals surface area contributed by atoms with Gasteiger partial charge in [-0.2, -0.15) is 0 Å². The van der Waals surface area contributed by atoms with Crippen LogP contribution in [0.15, 0.2) is 0 Å². The second kappa shape index (κ2) is 9.43. The first-order valence-corrected chi connectivity index (χ1v) is 8.91. The molecule has 0 bridgehead atoms. The van der Waals surface area contributed by atoms with E-state index < -0.39 is 46.5 Å². The summed E-state index contributed by atoms with van der Waals surface area (Å²) in [6, 6.07) is 0. The molecule has 0 radical (unpaired) electrons. The van der Waals surface area contributed by atoms with Gasteiger partial charge in [0.2, 0.25) is 6.10 Å². The minimum absolute atomic E-state index is 0.0615. The molecule has 4 unspecified atom stereocenters. The van der Waals surface area contributed by atoms with Crippen molar-refractivity contribution in [3.8, 4) is 0 Å². The van der Waals surface area contributed by atoms with E-state index in [0.717, 1.165) is 0 Å². The van der Waals surface area contributed by atoms with Crippen LogP contribution >= 0.6 is 0 Å². The summed E-state index contributed by atoms with van der Waals surface area (Å²) in [7, 11) is 0. The number of ether oxygens (including phenoxy) is 1. The van der Waals surface area contributed by atoms with E-state index in [-0.39, 0.29) is 24.3 Å². The van der Waals surface area contributed by atoms with Crippen molar-refractivity contribution >= 4 is 34.3 Å². The van der Waals surface area contributed by atoms with Gasteiger partial charge in [0.15, 0.2) is 6.10 Å². The standard InChI is InChI=1S/C10H18O7S2/c1-18(15)5-3-7(11)10(14)17-8(9(12)13)4-6-19(2)16/h7-8,11H,3-6H2,1-2H3,(H,12,13). The minimum atomic E-state index is -1.50. The van der Waals surface area contributed by atoms with E-state index in [0.29, 0.717) is 0 Å². The number of hydrogen-bond donors (Lipinski definition) is 2. The predicted octanol–water partition coefficient (Wildman–Crippen LogP) is -1.12. The summed E-state index contributed by atoms with van der Waals surface area (Å²) >= 11 is -2.35. The quantitative estimate of drug-likeness (QED) is 0.407. The van der Waals surface area contributed by atoms with Crippen molar-refractivity contribution in [3.05, 3.63) is 0 Å². The van der Waals surface area contributed by atoms with Gasteiger partial charge >= 0.3 is 11.9 Å². The highest BCUT2D eigenvalue weighted by molar-refractivity contribution is 7.90. The average molecular weight is 314 g/mol. The molecule has 0 aliphatic rings. The number of aliphatic hydroxyl groups is 1. The zero-order valence-electron chi connectivity index (χ0n) is 10.7. The number of aliphatic hydroxyl groups excluding tert-OH is 1. The van der Waals surface area contributed by atoms with E-state index >= 15 is 0 Å². The Balaban J connectivity index is 4.26. The Hall–Kier alpha value is -0.480. The van der Waals surface area contributed by atoms with Gasteiger partial charge in [-0.15, -0.1) is 0 Å². The van der Waals surface area contributed by atoms with Crippen molar-refractivity contribution in [2.45, 2.75) is 25.0 Å². The van der Waals surface area contributed by atoms with Gasteiger partial charge in [-0.05, 0) is 0 Å². The fraction of sp³-hybridized carbons (Fsp3) is 0.800. The lowest BCUT2D eigenvalue weighted by atomic mass is 10.2. The molecule has 0 amide bonds. The number of carbonyl (C=O) groups excluding carboxylic acids is 1. The van der Waals surface area contributed by atoms with Gasteiger partial charge in [-0.25, -0.2) is 9.59 Å². The fourth-order valence-corrected chi connectivity index (χ4v) is 2.22. The van der Waals surface area contributed by atoms with Crippen molar-refractivity contribution in [1.82, 2.24) is 0 Å². The van der Waals surface area contributed by atoms with E-state index in [2.05, 4.69) is 4.74 Å². The molecule has 0 aromatic carbocycles. The van der Waals surface area contributed by atoms with Gasteiger partial charge in [0.25, 0.3) is 0 Å². The molecule has 0 aliphatic heterocycles. The zero-order valence-corrected chi connectivity index (χ0v) is 12.4. The van der Waals surface area contributed by atoms with E-state index in [1.807, 2.05) is 0 Å². The summed E-state index contributed by atoms with van der Waals surface area (Å²) in [6.45, 7) is 0. The highest BCUT2D eigenvalue weighted by Crippen LogP contribution is 2.06. The van der Waals surface area contributed by atoms with Crippen LogP contribution in [0.1, 0.15) is 12.8 Å². The molecule has 4 atom stereocenters. The number of aliphatic carboxylic acids is 1. The number of rotatable bonds is 9.